The normalized spacial score (nSPS) is 10.4. The minimum Gasteiger partial charge on any atom is -0.300 e. The van der Waals surface area contributed by atoms with Crippen LogP contribution in [0, 0.1) is 4.77 Å². The van der Waals surface area contributed by atoms with E-state index in [0.29, 0.717) is 17.7 Å². The molecule has 0 aliphatic carbocycles. The zero-order valence-electron chi connectivity index (χ0n) is 9.41. The van der Waals surface area contributed by atoms with E-state index in [1.54, 1.807) is 16.3 Å². The van der Waals surface area contributed by atoms with Crippen LogP contribution in [0.3, 0.4) is 0 Å². The topological polar surface area (TPSA) is 52.7 Å². The molecule has 0 unspecified atom stereocenters. The van der Waals surface area contributed by atoms with Crippen molar-refractivity contribution in [2.24, 2.45) is 0 Å². The van der Waals surface area contributed by atoms with Crippen LogP contribution in [0.4, 0.5) is 0 Å². The Hall–Kier alpha value is -1.82. The average Bonchev–Trinajstić information content (AvgIpc) is 2.69. The van der Waals surface area contributed by atoms with Gasteiger partial charge in [-0.05, 0) is 41.7 Å². The lowest BCUT2D eigenvalue weighted by molar-refractivity contribution is -0.117. The summed E-state index contributed by atoms with van der Waals surface area (Å²) in [5.41, 5.74) is 0.867. The Morgan fingerprint density at radius 3 is 2.65 bits per heavy atom. The molecule has 17 heavy (non-hydrogen) atoms. The molecule has 1 aromatic carbocycles. The van der Waals surface area contributed by atoms with E-state index in [1.807, 2.05) is 30.3 Å². The fraction of sp³-hybridized carbons (Fsp3) is 0.273. The number of ketones is 1. The van der Waals surface area contributed by atoms with Crippen molar-refractivity contribution in [3.63, 3.8) is 0 Å². The summed E-state index contributed by atoms with van der Waals surface area (Å²) in [7, 11) is 0. The molecule has 0 atom stereocenters. The zero-order valence-corrected chi connectivity index (χ0v) is 10.2. The quantitative estimate of drug-likeness (QED) is 0.774. The molecule has 0 saturated heterocycles. The molecule has 0 aliphatic rings. The largest absolute Gasteiger partial charge is 0.300 e. The number of tetrazole rings is 1. The van der Waals surface area contributed by atoms with Crippen molar-refractivity contribution in [1.82, 2.24) is 19.8 Å². The molecule has 0 fully saturated rings. The molecule has 0 saturated carbocycles. The Labute approximate surface area is 104 Å². The van der Waals surface area contributed by atoms with Crippen LogP contribution >= 0.6 is 12.2 Å². The van der Waals surface area contributed by atoms with Crippen molar-refractivity contribution in [2.75, 3.05) is 0 Å². The summed E-state index contributed by atoms with van der Waals surface area (Å²) in [6.07, 6.45) is 0.418. The number of hydrogen-bond donors (Lipinski definition) is 0. The van der Waals surface area contributed by atoms with E-state index in [9.17, 15) is 4.79 Å². The van der Waals surface area contributed by atoms with E-state index in [-0.39, 0.29) is 5.78 Å². The van der Waals surface area contributed by atoms with Gasteiger partial charge in [0.1, 0.15) is 5.78 Å². The van der Waals surface area contributed by atoms with E-state index < -0.39 is 0 Å². The lowest BCUT2D eigenvalue weighted by atomic mass is 10.3. The molecule has 0 spiro atoms. The Morgan fingerprint density at radius 1 is 1.29 bits per heavy atom. The Bertz CT molecular complexity index is 573. The number of rotatable bonds is 4. The molecular formula is C11H12N4OS. The summed E-state index contributed by atoms with van der Waals surface area (Å²) in [5.74, 6) is 0.112. The molecule has 0 aliphatic heterocycles. The number of carbonyl (C=O) groups excluding carboxylic acids is 1. The summed E-state index contributed by atoms with van der Waals surface area (Å²) in [6.45, 7) is 2.02. The lowest BCUT2D eigenvalue weighted by Gasteiger charge is -1.98. The molecule has 88 valence electrons. The van der Waals surface area contributed by atoms with Crippen LogP contribution in [0.5, 0.6) is 0 Å². The second-order valence-corrected chi connectivity index (χ2v) is 4.05. The van der Waals surface area contributed by atoms with Gasteiger partial charge in [0.05, 0.1) is 12.2 Å². The SMILES string of the molecule is CC(=O)CCn1nnn(-c2ccccc2)c1=S. The van der Waals surface area contributed by atoms with E-state index in [1.165, 1.54) is 0 Å². The minimum atomic E-state index is 0.112. The van der Waals surface area contributed by atoms with Gasteiger partial charge in [-0.2, -0.15) is 4.68 Å². The van der Waals surface area contributed by atoms with E-state index >= 15 is 0 Å². The minimum absolute atomic E-state index is 0.112. The average molecular weight is 248 g/mol. The number of aryl methyl sites for hydroxylation is 1. The highest BCUT2D eigenvalue weighted by atomic mass is 32.1. The number of hydrogen-bond acceptors (Lipinski definition) is 4. The van der Waals surface area contributed by atoms with Crippen LogP contribution in [0.2, 0.25) is 0 Å². The molecule has 6 heteroatoms. The van der Waals surface area contributed by atoms with Crippen molar-refractivity contribution >= 4 is 18.0 Å². The number of para-hydroxylation sites is 1. The van der Waals surface area contributed by atoms with Crippen molar-refractivity contribution in [3.8, 4) is 5.69 Å². The molecule has 2 rings (SSSR count). The van der Waals surface area contributed by atoms with Crippen LogP contribution in [-0.4, -0.2) is 25.6 Å². The summed E-state index contributed by atoms with van der Waals surface area (Å²) < 4.78 is 3.64. The fourth-order valence-electron chi connectivity index (χ4n) is 1.41. The third-order valence-electron chi connectivity index (χ3n) is 2.32. The number of carbonyl (C=O) groups is 1. The second-order valence-electron chi connectivity index (χ2n) is 3.68. The summed E-state index contributed by atoms with van der Waals surface area (Å²) >= 11 is 5.25. The van der Waals surface area contributed by atoms with Crippen molar-refractivity contribution < 1.29 is 4.79 Å². The third-order valence-corrected chi connectivity index (χ3v) is 2.70. The van der Waals surface area contributed by atoms with Gasteiger partial charge >= 0.3 is 0 Å². The summed E-state index contributed by atoms with van der Waals surface area (Å²) in [6, 6.07) is 9.55. The third kappa shape index (κ3) is 2.65. The Balaban J connectivity index is 2.27. The smallest absolute Gasteiger partial charge is 0.220 e. The zero-order chi connectivity index (χ0) is 12.3. The second kappa shape index (κ2) is 5.01. The number of benzene rings is 1. The van der Waals surface area contributed by atoms with Crippen LogP contribution in [-0.2, 0) is 11.3 Å². The highest BCUT2D eigenvalue weighted by Gasteiger charge is 2.05. The maximum atomic E-state index is 10.9. The van der Waals surface area contributed by atoms with Gasteiger partial charge in [-0.15, -0.1) is 0 Å². The highest BCUT2D eigenvalue weighted by molar-refractivity contribution is 7.71. The molecule has 2 aromatic rings. The van der Waals surface area contributed by atoms with E-state index in [2.05, 4.69) is 10.4 Å². The van der Waals surface area contributed by atoms with Gasteiger partial charge < -0.3 is 0 Å². The van der Waals surface area contributed by atoms with Crippen molar-refractivity contribution in [2.45, 2.75) is 19.9 Å². The van der Waals surface area contributed by atoms with Crippen LogP contribution in [0.1, 0.15) is 13.3 Å². The van der Waals surface area contributed by atoms with E-state index in [0.717, 1.165) is 5.69 Å². The first-order chi connectivity index (χ1) is 8.18. The Morgan fingerprint density at radius 2 is 2.00 bits per heavy atom. The molecule has 0 radical (unpaired) electrons. The van der Waals surface area contributed by atoms with E-state index in [4.69, 9.17) is 12.2 Å². The Kier molecular flexibility index (Phi) is 3.43. The van der Waals surface area contributed by atoms with Crippen LogP contribution in [0.25, 0.3) is 5.69 Å². The maximum Gasteiger partial charge on any atom is 0.220 e. The standard InChI is InChI=1S/C11H12N4OS/c1-9(16)7-8-14-11(17)15(13-12-14)10-5-3-2-4-6-10/h2-6H,7-8H2,1H3. The first kappa shape index (κ1) is 11.7. The molecular weight excluding hydrogens is 236 g/mol. The van der Waals surface area contributed by atoms with Gasteiger partial charge in [0.15, 0.2) is 0 Å². The summed E-state index contributed by atoms with van der Waals surface area (Å²) in [4.78, 5) is 10.9. The van der Waals surface area contributed by atoms with Gasteiger partial charge in [-0.1, -0.05) is 18.2 Å². The van der Waals surface area contributed by atoms with Crippen molar-refractivity contribution in [1.29, 1.82) is 0 Å². The number of aromatic nitrogens is 4. The number of Topliss-reactive ketones (excluding diaryl/α,β-unsaturated/α-hetero) is 1. The molecule has 5 nitrogen and oxygen atoms in total. The maximum absolute atomic E-state index is 10.9. The highest BCUT2D eigenvalue weighted by Crippen LogP contribution is 2.05. The lowest BCUT2D eigenvalue weighted by Crippen LogP contribution is -2.05. The number of nitrogens with zero attached hydrogens (tertiary/aromatic N) is 4. The van der Waals surface area contributed by atoms with Gasteiger partial charge in [0.2, 0.25) is 4.77 Å². The molecule has 0 bridgehead atoms. The van der Waals surface area contributed by atoms with Crippen molar-refractivity contribution in [3.05, 3.63) is 35.1 Å². The predicted molar refractivity (Wildman–Crippen MR) is 65.5 cm³/mol. The first-order valence-corrected chi connectivity index (χ1v) is 5.67. The fourth-order valence-corrected chi connectivity index (χ4v) is 1.68. The van der Waals surface area contributed by atoms with Gasteiger partial charge in [-0.25, -0.2) is 4.68 Å². The predicted octanol–water partition coefficient (Wildman–Crippen LogP) is 1.78. The van der Waals surface area contributed by atoms with Gasteiger partial charge in [0, 0.05) is 6.42 Å². The molecule has 1 heterocycles. The van der Waals surface area contributed by atoms with Crippen LogP contribution in [0.15, 0.2) is 30.3 Å². The van der Waals surface area contributed by atoms with Gasteiger partial charge in [-0.3, -0.25) is 4.79 Å². The first-order valence-electron chi connectivity index (χ1n) is 5.26. The van der Waals surface area contributed by atoms with Crippen LogP contribution < -0.4 is 0 Å². The monoisotopic (exact) mass is 248 g/mol. The molecule has 1 aromatic heterocycles. The van der Waals surface area contributed by atoms with Gasteiger partial charge in [0.25, 0.3) is 0 Å². The molecule has 0 N–H and O–H groups in total. The summed E-state index contributed by atoms with van der Waals surface area (Å²) in [5, 5.41) is 7.92. The molecule has 0 amide bonds.